The predicted molar refractivity (Wildman–Crippen MR) is 81.0 cm³/mol. The van der Waals surface area contributed by atoms with Crippen LogP contribution in [0.2, 0.25) is 0 Å². The molecule has 6 heteroatoms. The monoisotopic (exact) mass is 304 g/mol. The zero-order valence-corrected chi connectivity index (χ0v) is 13.9. The molecule has 1 unspecified atom stereocenters. The summed E-state index contributed by atoms with van der Waals surface area (Å²) in [6.07, 6.45) is 0.713. The average molecular weight is 304 g/mol. The maximum absolute atomic E-state index is 12.5. The van der Waals surface area contributed by atoms with Crippen molar-refractivity contribution in [3.63, 3.8) is 0 Å². The van der Waals surface area contributed by atoms with Crippen molar-refractivity contribution < 1.29 is 8.42 Å². The van der Waals surface area contributed by atoms with Crippen LogP contribution in [-0.4, -0.2) is 20.5 Å². The van der Waals surface area contributed by atoms with Crippen LogP contribution in [-0.2, 0) is 10.0 Å². The van der Waals surface area contributed by atoms with Crippen molar-refractivity contribution >= 4 is 21.4 Å². The first-order valence-corrected chi connectivity index (χ1v) is 8.71. The number of hydrogen-bond donors (Lipinski definition) is 2. The fraction of sp³-hybridized carbons (Fsp3) is 0.692. The molecule has 0 amide bonds. The summed E-state index contributed by atoms with van der Waals surface area (Å²) >= 11 is 1.49. The molecule has 0 radical (unpaired) electrons. The number of nitrogens with two attached hydrogens (primary N) is 1. The van der Waals surface area contributed by atoms with Crippen LogP contribution >= 0.6 is 11.3 Å². The summed E-state index contributed by atoms with van der Waals surface area (Å²) in [6, 6.07) is 1.72. The highest BCUT2D eigenvalue weighted by Crippen LogP contribution is 2.27. The lowest BCUT2D eigenvalue weighted by molar-refractivity contribution is 0.344. The highest BCUT2D eigenvalue weighted by molar-refractivity contribution is 7.89. The van der Waals surface area contributed by atoms with Gasteiger partial charge in [0.25, 0.3) is 0 Å². The normalized spacial score (nSPS) is 15.7. The number of hydrogen-bond acceptors (Lipinski definition) is 4. The van der Waals surface area contributed by atoms with E-state index in [1.165, 1.54) is 11.3 Å². The van der Waals surface area contributed by atoms with Gasteiger partial charge in [-0.25, -0.2) is 13.1 Å². The third kappa shape index (κ3) is 4.27. The second kappa shape index (κ2) is 5.91. The molecule has 1 atom stereocenters. The second-order valence-electron chi connectivity index (χ2n) is 5.75. The first-order valence-electron chi connectivity index (χ1n) is 6.41. The number of rotatable bonds is 6. The van der Waals surface area contributed by atoms with E-state index in [1.807, 2.05) is 20.8 Å². The highest BCUT2D eigenvalue weighted by atomic mass is 32.2. The standard InChI is InChI=1S/C13H24N2O2S2/c1-9(2)7-13(5,8-14)15-19(16,17)12-6-10(3)18-11(12)4/h6,9,15H,7-8,14H2,1-5H3. The van der Waals surface area contributed by atoms with E-state index in [4.69, 9.17) is 5.73 Å². The molecule has 0 fully saturated rings. The van der Waals surface area contributed by atoms with Crippen molar-refractivity contribution in [2.24, 2.45) is 11.7 Å². The molecule has 0 spiro atoms. The van der Waals surface area contributed by atoms with Crippen LogP contribution in [0.25, 0.3) is 0 Å². The summed E-state index contributed by atoms with van der Waals surface area (Å²) in [5.74, 6) is 0.376. The molecule has 0 saturated carbocycles. The van der Waals surface area contributed by atoms with Crippen LogP contribution in [0.3, 0.4) is 0 Å². The molecule has 0 aliphatic carbocycles. The molecule has 0 aromatic carbocycles. The van der Waals surface area contributed by atoms with Crippen molar-refractivity contribution in [2.45, 2.75) is 51.5 Å². The SMILES string of the molecule is Cc1cc(S(=O)(=O)NC(C)(CN)CC(C)C)c(C)s1. The fourth-order valence-electron chi connectivity index (χ4n) is 2.32. The molecule has 3 N–H and O–H groups in total. The van der Waals surface area contributed by atoms with E-state index in [1.54, 1.807) is 6.07 Å². The molecule has 110 valence electrons. The minimum Gasteiger partial charge on any atom is -0.329 e. The summed E-state index contributed by atoms with van der Waals surface area (Å²) in [4.78, 5) is 2.18. The molecule has 1 aromatic rings. The van der Waals surface area contributed by atoms with Crippen LogP contribution < -0.4 is 10.5 Å². The van der Waals surface area contributed by atoms with Crippen LogP contribution in [0.15, 0.2) is 11.0 Å². The topological polar surface area (TPSA) is 72.2 Å². The summed E-state index contributed by atoms with van der Waals surface area (Å²) in [5.41, 5.74) is 5.16. The first kappa shape index (κ1) is 16.6. The van der Waals surface area contributed by atoms with Crippen molar-refractivity contribution in [1.82, 2.24) is 4.72 Å². The second-order valence-corrected chi connectivity index (χ2v) is 8.86. The molecule has 0 bridgehead atoms. The zero-order chi connectivity index (χ0) is 14.8. The predicted octanol–water partition coefficient (Wildman–Crippen LogP) is 2.41. The van der Waals surface area contributed by atoms with E-state index < -0.39 is 15.6 Å². The molecule has 0 aliphatic rings. The Labute approximate surface area is 120 Å². The number of sulfonamides is 1. The zero-order valence-electron chi connectivity index (χ0n) is 12.3. The first-order chi connectivity index (χ1) is 8.59. The van der Waals surface area contributed by atoms with Gasteiger partial charge in [0.05, 0.1) is 4.90 Å². The Kier molecular flexibility index (Phi) is 5.17. The molecule has 4 nitrogen and oxygen atoms in total. The molecule has 19 heavy (non-hydrogen) atoms. The van der Waals surface area contributed by atoms with Gasteiger partial charge in [0.2, 0.25) is 10.0 Å². The Hall–Kier alpha value is -0.430. The van der Waals surface area contributed by atoms with E-state index >= 15 is 0 Å². The third-order valence-corrected chi connectivity index (χ3v) is 5.83. The van der Waals surface area contributed by atoms with Gasteiger partial charge in [-0.1, -0.05) is 13.8 Å². The van der Waals surface area contributed by atoms with Crippen LogP contribution in [0.1, 0.15) is 36.9 Å². The Morgan fingerprint density at radius 3 is 2.37 bits per heavy atom. The lowest BCUT2D eigenvalue weighted by atomic mass is 9.92. The fourth-order valence-corrected chi connectivity index (χ4v) is 5.31. The third-order valence-electron chi connectivity index (χ3n) is 2.98. The number of aryl methyl sites for hydroxylation is 2. The Morgan fingerprint density at radius 2 is 2.00 bits per heavy atom. The summed E-state index contributed by atoms with van der Waals surface area (Å²) in [6.45, 7) is 10.00. The summed E-state index contributed by atoms with van der Waals surface area (Å²) in [5, 5.41) is 0. The van der Waals surface area contributed by atoms with Crippen molar-refractivity contribution in [3.8, 4) is 0 Å². The van der Waals surface area contributed by atoms with Gasteiger partial charge in [-0.05, 0) is 39.2 Å². The maximum Gasteiger partial charge on any atom is 0.242 e. The van der Waals surface area contributed by atoms with Gasteiger partial charge in [-0.2, -0.15) is 0 Å². The van der Waals surface area contributed by atoms with Gasteiger partial charge >= 0.3 is 0 Å². The number of nitrogens with one attached hydrogen (secondary N) is 1. The van der Waals surface area contributed by atoms with E-state index in [2.05, 4.69) is 18.6 Å². The van der Waals surface area contributed by atoms with Crippen molar-refractivity contribution in [1.29, 1.82) is 0 Å². The van der Waals surface area contributed by atoms with E-state index in [-0.39, 0.29) is 6.54 Å². The molecule has 1 aromatic heterocycles. The molecular weight excluding hydrogens is 280 g/mol. The molecule has 0 saturated heterocycles. The van der Waals surface area contributed by atoms with Crippen LogP contribution in [0, 0.1) is 19.8 Å². The van der Waals surface area contributed by atoms with Crippen LogP contribution in [0.5, 0.6) is 0 Å². The van der Waals surface area contributed by atoms with Crippen molar-refractivity contribution in [3.05, 3.63) is 15.8 Å². The van der Waals surface area contributed by atoms with Gasteiger partial charge in [-0.3, -0.25) is 0 Å². The maximum atomic E-state index is 12.5. The van der Waals surface area contributed by atoms with Gasteiger partial charge in [0, 0.05) is 21.8 Å². The van der Waals surface area contributed by atoms with Gasteiger partial charge in [-0.15, -0.1) is 11.3 Å². The Morgan fingerprint density at radius 1 is 1.42 bits per heavy atom. The largest absolute Gasteiger partial charge is 0.329 e. The van der Waals surface area contributed by atoms with E-state index in [0.717, 1.165) is 9.75 Å². The lowest BCUT2D eigenvalue weighted by Gasteiger charge is -2.30. The number of thiophene rings is 1. The Bertz CT molecular complexity index is 535. The smallest absolute Gasteiger partial charge is 0.242 e. The van der Waals surface area contributed by atoms with Crippen LogP contribution in [0.4, 0.5) is 0 Å². The molecular formula is C13H24N2O2S2. The van der Waals surface area contributed by atoms with E-state index in [0.29, 0.717) is 17.2 Å². The Balaban J connectivity index is 3.05. The average Bonchev–Trinajstić information content (AvgIpc) is 2.56. The highest BCUT2D eigenvalue weighted by Gasteiger charge is 2.31. The minimum atomic E-state index is -3.51. The van der Waals surface area contributed by atoms with Gasteiger partial charge in [0.1, 0.15) is 0 Å². The molecule has 0 aliphatic heterocycles. The summed E-state index contributed by atoms with van der Waals surface area (Å²) < 4.78 is 27.7. The summed E-state index contributed by atoms with van der Waals surface area (Å²) in [7, 11) is -3.51. The minimum absolute atomic E-state index is 0.284. The van der Waals surface area contributed by atoms with Gasteiger partial charge < -0.3 is 5.73 Å². The van der Waals surface area contributed by atoms with E-state index in [9.17, 15) is 8.42 Å². The van der Waals surface area contributed by atoms with Gasteiger partial charge in [0.15, 0.2) is 0 Å². The quantitative estimate of drug-likeness (QED) is 0.847. The lowest BCUT2D eigenvalue weighted by Crippen LogP contribution is -2.52. The molecule has 1 heterocycles. The van der Waals surface area contributed by atoms with Crippen molar-refractivity contribution in [2.75, 3.05) is 6.54 Å². The molecule has 1 rings (SSSR count).